The maximum absolute atomic E-state index is 7.68. The second kappa shape index (κ2) is 4.66. The zero-order valence-corrected chi connectivity index (χ0v) is 9.81. The zero-order valence-electron chi connectivity index (χ0n) is 8.99. The molecular formula is C11H17N3S. The standard InChI is InChI=1S/C11H17N3S/c1-13-10-2-4-11(5-3-10)14-6-8-15(12)9-7-14/h2-5,12-13H,6-9H2,1H3. The van der Waals surface area contributed by atoms with Gasteiger partial charge >= 0.3 is 0 Å². The minimum Gasteiger partial charge on any atom is -0.388 e. The molecule has 1 saturated heterocycles. The smallest absolute Gasteiger partial charge is 0.0368 e. The predicted octanol–water partition coefficient (Wildman–Crippen LogP) is 1.93. The van der Waals surface area contributed by atoms with Gasteiger partial charge in [-0.3, -0.25) is 4.78 Å². The SMILES string of the molecule is CNc1ccc(N2CCS(=N)CC2)cc1. The van der Waals surface area contributed by atoms with Crippen molar-refractivity contribution in [2.75, 3.05) is 41.9 Å². The molecule has 15 heavy (non-hydrogen) atoms. The van der Waals surface area contributed by atoms with Gasteiger partial charge in [0.05, 0.1) is 0 Å². The van der Waals surface area contributed by atoms with Gasteiger partial charge in [-0.05, 0) is 24.3 Å². The summed E-state index contributed by atoms with van der Waals surface area (Å²) in [5, 5.41) is 3.12. The molecule has 1 aliphatic rings. The van der Waals surface area contributed by atoms with Gasteiger partial charge in [0, 0.05) is 43.0 Å². The number of nitrogens with one attached hydrogen (secondary N) is 2. The summed E-state index contributed by atoms with van der Waals surface area (Å²) in [6.07, 6.45) is 0. The third kappa shape index (κ3) is 2.50. The average molecular weight is 223 g/mol. The second-order valence-corrected chi connectivity index (χ2v) is 5.49. The van der Waals surface area contributed by atoms with Crippen molar-refractivity contribution in [1.82, 2.24) is 0 Å². The van der Waals surface area contributed by atoms with E-state index in [0.29, 0.717) is 0 Å². The molecule has 0 aliphatic carbocycles. The molecule has 1 fully saturated rings. The first-order valence-corrected chi connectivity index (χ1v) is 6.77. The van der Waals surface area contributed by atoms with E-state index in [4.69, 9.17) is 4.78 Å². The van der Waals surface area contributed by atoms with E-state index in [1.54, 1.807) is 0 Å². The Morgan fingerprint density at radius 2 is 1.80 bits per heavy atom. The third-order valence-electron chi connectivity index (χ3n) is 2.74. The van der Waals surface area contributed by atoms with Gasteiger partial charge in [0.25, 0.3) is 0 Å². The quantitative estimate of drug-likeness (QED) is 0.804. The van der Waals surface area contributed by atoms with E-state index in [0.717, 1.165) is 30.3 Å². The normalized spacial score (nSPS) is 17.8. The summed E-state index contributed by atoms with van der Waals surface area (Å²) < 4.78 is 7.68. The first-order chi connectivity index (χ1) is 7.29. The van der Waals surface area contributed by atoms with Gasteiger partial charge in [0.15, 0.2) is 0 Å². The number of anilines is 2. The van der Waals surface area contributed by atoms with Gasteiger partial charge in [-0.2, -0.15) is 0 Å². The Labute approximate surface area is 93.4 Å². The van der Waals surface area contributed by atoms with Gasteiger partial charge < -0.3 is 10.2 Å². The fourth-order valence-corrected chi connectivity index (χ4v) is 2.84. The van der Waals surface area contributed by atoms with Gasteiger partial charge in [-0.1, -0.05) is 0 Å². The van der Waals surface area contributed by atoms with Gasteiger partial charge in [-0.15, -0.1) is 10.7 Å². The highest BCUT2D eigenvalue weighted by molar-refractivity contribution is 7.86. The number of hydrogen-bond donors (Lipinski definition) is 2. The van der Waals surface area contributed by atoms with Gasteiger partial charge in [0.2, 0.25) is 0 Å². The lowest BCUT2D eigenvalue weighted by Crippen LogP contribution is -2.37. The highest BCUT2D eigenvalue weighted by Crippen LogP contribution is 2.19. The highest BCUT2D eigenvalue weighted by Gasteiger charge is 2.12. The molecule has 0 radical (unpaired) electrons. The molecule has 0 amide bonds. The summed E-state index contributed by atoms with van der Waals surface area (Å²) >= 11 is 0. The zero-order chi connectivity index (χ0) is 10.7. The van der Waals surface area contributed by atoms with E-state index < -0.39 is 0 Å². The Morgan fingerprint density at radius 3 is 2.33 bits per heavy atom. The van der Waals surface area contributed by atoms with E-state index in [1.807, 2.05) is 7.05 Å². The molecule has 0 spiro atoms. The van der Waals surface area contributed by atoms with Crippen molar-refractivity contribution < 1.29 is 0 Å². The van der Waals surface area contributed by atoms with Crippen molar-refractivity contribution in [2.24, 2.45) is 0 Å². The fourth-order valence-electron chi connectivity index (χ4n) is 1.75. The van der Waals surface area contributed by atoms with E-state index in [2.05, 4.69) is 34.5 Å². The molecule has 2 N–H and O–H groups in total. The topological polar surface area (TPSA) is 39.1 Å². The minimum atomic E-state index is -0.0947. The predicted molar refractivity (Wildman–Crippen MR) is 68.0 cm³/mol. The largest absolute Gasteiger partial charge is 0.388 e. The second-order valence-electron chi connectivity index (χ2n) is 3.68. The molecule has 1 aromatic carbocycles. The lowest BCUT2D eigenvalue weighted by atomic mass is 10.2. The fraction of sp³-hybridized carbons (Fsp3) is 0.455. The molecule has 1 heterocycles. The van der Waals surface area contributed by atoms with Crippen LogP contribution < -0.4 is 10.2 Å². The van der Waals surface area contributed by atoms with Crippen molar-refractivity contribution >= 4 is 22.1 Å². The summed E-state index contributed by atoms with van der Waals surface area (Å²) in [5.41, 5.74) is 2.43. The summed E-state index contributed by atoms with van der Waals surface area (Å²) in [4.78, 5) is 2.37. The molecule has 3 nitrogen and oxygen atoms in total. The first-order valence-electron chi connectivity index (χ1n) is 5.21. The Morgan fingerprint density at radius 1 is 1.20 bits per heavy atom. The third-order valence-corrected chi connectivity index (χ3v) is 4.09. The number of rotatable bonds is 2. The molecule has 0 saturated carbocycles. The van der Waals surface area contributed by atoms with Crippen LogP contribution in [0.15, 0.2) is 24.3 Å². The van der Waals surface area contributed by atoms with E-state index in [1.165, 1.54) is 5.69 Å². The van der Waals surface area contributed by atoms with Crippen molar-refractivity contribution in [2.45, 2.75) is 0 Å². The molecule has 0 unspecified atom stereocenters. The lowest BCUT2D eigenvalue weighted by molar-refractivity contribution is 0.852. The summed E-state index contributed by atoms with van der Waals surface area (Å²) in [7, 11) is 1.84. The van der Waals surface area contributed by atoms with Crippen LogP contribution in [0.25, 0.3) is 0 Å². The van der Waals surface area contributed by atoms with Gasteiger partial charge in [-0.25, -0.2) is 0 Å². The van der Waals surface area contributed by atoms with Crippen LogP contribution in [0.2, 0.25) is 0 Å². The summed E-state index contributed by atoms with van der Waals surface area (Å²) in [6.45, 7) is 2.07. The summed E-state index contributed by atoms with van der Waals surface area (Å²) in [6, 6.07) is 8.51. The number of nitrogens with zero attached hydrogens (tertiary/aromatic N) is 1. The molecule has 2 rings (SSSR count). The van der Waals surface area contributed by atoms with Crippen LogP contribution in [0, 0.1) is 4.78 Å². The van der Waals surface area contributed by atoms with E-state index in [9.17, 15) is 0 Å². The van der Waals surface area contributed by atoms with Crippen LogP contribution in [0.5, 0.6) is 0 Å². The van der Waals surface area contributed by atoms with Crippen LogP contribution in [0.3, 0.4) is 0 Å². The van der Waals surface area contributed by atoms with Gasteiger partial charge in [0.1, 0.15) is 0 Å². The lowest BCUT2D eigenvalue weighted by Gasteiger charge is -2.29. The minimum absolute atomic E-state index is 0.0947. The summed E-state index contributed by atoms with van der Waals surface area (Å²) in [5.74, 6) is 2.04. The molecule has 82 valence electrons. The first kappa shape index (κ1) is 10.5. The Kier molecular flexibility index (Phi) is 3.26. The van der Waals surface area contributed by atoms with Crippen LogP contribution in [-0.2, 0) is 10.7 Å². The monoisotopic (exact) mass is 223 g/mol. The molecule has 0 aromatic heterocycles. The van der Waals surface area contributed by atoms with Crippen molar-refractivity contribution in [3.8, 4) is 0 Å². The Balaban J connectivity index is 2.06. The molecule has 0 bridgehead atoms. The molecule has 1 aromatic rings. The highest BCUT2D eigenvalue weighted by atomic mass is 32.2. The molecule has 1 aliphatic heterocycles. The van der Waals surface area contributed by atoms with Crippen LogP contribution in [0.1, 0.15) is 0 Å². The molecular weight excluding hydrogens is 206 g/mol. The maximum Gasteiger partial charge on any atom is 0.0368 e. The molecule has 4 heteroatoms. The maximum atomic E-state index is 7.68. The Bertz CT molecular complexity index is 337. The number of hydrogen-bond acceptors (Lipinski definition) is 3. The molecule has 0 atom stereocenters. The van der Waals surface area contributed by atoms with E-state index >= 15 is 0 Å². The van der Waals surface area contributed by atoms with Crippen LogP contribution in [-0.4, -0.2) is 31.6 Å². The Hall–Kier alpha value is -1.03. The van der Waals surface area contributed by atoms with Crippen molar-refractivity contribution in [3.05, 3.63) is 24.3 Å². The van der Waals surface area contributed by atoms with Crippen molar-refractivity contribution in [1.29, 1.82) is 4.78 Å². The van der Waals surface area contributed by atoms with E-state index in [-0.39, 0.29) is 10.7 Å². The van der Waals surface area contributed by atoms with Crippen molar-refractivity contribution in [3.63, 3.8) is 0 Å². The number of benzene rings is 1. The van der Waals surface area contributed by atoms with Crippen LogP contribution in [0.4, 0.5) is 11.4 Å². The average Bonchev–Trinajstić information content (AvgIpc) is 2.30. The van der Waals surface area contributed by atoms with Crippen LogP contribution >= 0.6 is 0 Å².